The molecular weight excluding hydrogens is 224 g/mol. The first-order valence-corrected chi connectivity index (χ1v) is 7.42. The van der Waals surface area contributed by atoms with Gasteiger partial charge in [-0.3, -0.25) is 0 Å². The summed E-state index contributed by atoms with van der Waals surface area (Å²) in [6.07, 6.45) is 5.37. The van der Waals surface area contributed by atoms with Crippen LogP contribution in [0.15, 0.2) is 0 Å². The van der Waals surface area contributed by atoms with E-state index < -0.39 is 15.3 Å². The van der Waals surface area contributed by atoms with Crippen LogP contribution in [0.5, 0.6) is 0 Å². The zero-order valence-corrected chi connectivity index (χ0v) is 10.8. The zero-order valence-electron chi connectivity index (χ0n) is 9.94. The van der Waals surface area contributed by atoms with Crippen molar-refractivity contribution < 1.29 is 8.42 Å². The summed E-state index contributed by atoms with van der Waals surface area (Å²) in [5, 5.41) is 7.68. The lowest BCUT2D eigenvalue weighted by Gasteiger charge is -2.23. The van der Waals surface area contributed by atoms with Crippen LogP contribution in [-0.4, -0.2) is 19.7 Å². The first-order valence-electron chi connectivity index (χ1n) is 5.88. The Hall–Kier alpha value is -0.600. The lowest BCUT2D eigenvalue weighted by Crippen LogP contribution is -2.42. The highest BCUT2D eigenvalue weighted by molar-refractivity contribution is 7.90. The highest BCUT2D eigenvalue weighted by atomic mass is 32.2. The average molecular weight is 244 g/mol. The summed E-state index contributed by atoms with van der Waals surface area (Å²) >= 11 is 0. The first-order chi connectivity index (χ1) is 7.47. The van der Waals surface area contributed by atoms with Gasteiger partial charge in [0.05, 0.1) is 6.07 Å². The lowest BCUT2D eigenvalue weighted by atomic mass is 9.98. The van der Waals surface area contributed by atoms with Crippen LogP contribution in [0.2, 0.25) is 0 Å². The third-order valence-electron chi connectivity index (χ3n) is 3.32. The third-order valence-corrected chi connectivity index (χ3v) is 4.99. The molecule has 1 fully saturated rings. The molecule has 0 spiro atoms. The second-order valence-electron chi connectivity index (χ2n) is 4.66. The number of nitriles is 1. The van der Waals surface area contributed by atoms with Crippen LogP contribution in [0.25, 0.3) is 0 Å². The second-order valence-corrected chi connectivity index (χ2v) is 6.69. The number of nitrogens with one attached hydrogen (secondary N) is 1. The van der Waals surface area contributed by atoms with Gasteiger partial charge in [-0.1, -0.05) is 26.2 Å². The van der Waals surface area contributed by atoms with Crippen LogP contribution in [-0.2, 0) is 10.0 Å². The van der Waals surface area contributed by atoms with Crippen molar-refractivity contribution >= 4 is 10.0 Å². The molecule has 1 aliphatic carbocycles. The molecule has 16 heavy (non-hydrogen) atoms. The third kappa shape index (κ3) is 3.46. The van der Waals surface area contributed by atoms with Crippen molar-refractivity contribution in [2.45, 2.75) is 57.2 Å². The Balaban J connectivity index is 2.68. The molecule has 0 amide bonds. The summed E-state index contributed by atoms with van der Waals surface area (Å²) in [6.45, 7) is 3.50. The van der Waals surface area contributed by atoms with Gasteiger partial charge in [0.15, 0.2) is 5.25 Å². The fourth-order valence-corrected chi connectivity index (χ4v) is 3.17. The van der Waals surface area contributed by atoms with Crippen molar-refractivity contribution in [2.24, 2.45) is 5.92 Å². The van der Waals surface area contributed by atoms with Gasteiger partial charge in [-0.05, 0) is 25.7 Å². The van der Waals surface area contributed by atoms with Gasteiger partial charge in [-0.2, -0.15) is 5.26 Å². The second kappa shape index (κ2) is 5.65. The molecule has 0 aromatic carbocycles. The summed E-state index contributed by atoms with van der Waals surface area (Å²) in [7, 11) is -3.47. The fraction of sp³-hybridized carbons (Fsp3) is 0.909. The van der Waals surface area contributed by atoms with Crippen LogP contribution < -0.4 is 4.72 Å². The van der Waals surface area contributed by atoms with E-state index in [0.29, 0.717) is 5.92 Å². The number of hydrogen-bond donors (Lipinski definition) is 1. The monoisotopic (exact) mass is 244 g/mol. The molecule has 0 bridgehead atoms. The molecule has 1 saturated carbocycles. The minimum atomic E-state index is -3.47. The number of nitrogens with zero attached hydrogens (tertiary/aromatic N) is 1. The topological polar surface area (TPSA) is 70.0 Å². The molecule has 5 heteroatoms. The summed E-state index contributed by atoms with van der Waals surface area (Å²) in [6, 6.07) is 1.78. The van der Waals surface area contributed by atoms with Gasteiger partial charge < -0.3 is 0 Å². The summed E-state index contributed by atoms with van der Waals surface area (Å²) in [5.74, 6) is 0.364. The Kier molecular flexibility index (Phi) is 4.75. The Morgan fingerprint density at radius 1 is 1.31 bits per heavy atom. The highest BCUT2D eigenvalue weighted by Crippen LogP contribution is 2.23. The molecule has 0 aromatic rings. The summed E-state index contributed by atoms with van der Waals surface area (Å²) in [5.41, 5.74) is 0. The lowest BCUT2D eigenvalue weighted by molar-refractivity contribution is 0.399. The SMILES string of the molecule is CC1CCCCCC1NS(=O)(=O)C(C)C#N. The van der Waals surface area contributed by atoms with E-state index in [4.69, 9.17) is 5.26 Å². The molecule has 92 valence electrons. The Morgan fingerprint density at radius 3 is 2.56 bits per heavy atom. The largest absolute Gasteiger partial charge is 0.227 e. The van der Waals surface area contributed by atoms with E-state index in [9.17, 15) is 8.42 Å². The standard InChI is InChI=1S/C11H20N2O2S/c1-9-6-4-3-5-7-11(9)13-16(14,15)10(2)8-12/h9-11,13H,3-7H2,1-2H3. The Labute approximate surface area is 98.1 Å². The van der Waals surface area contributed by atoms with Gasteiger partial charge in [0.25, 0.3) is 0 Å². The maximum Gasteiger partial charge on any atom is 0.227 e. The van der Waals surface area contributed by atoms with Gasteiger partial charge in [-0.25, -0.2) is 13.1 Å². The molecule has 0 radical (unpaired) electrons. The normalized spacial score (nSPS) is 29.1. The van der Waals surface area contributed by atoms with Crippen molar-refractivity contribution in [3.8, 4) is 6.07 Å². The van der Waals surface area contributed by atoms with E-state index in [0.717, 1.165) is 19.3 Å². The predicted molar refractivity (Wildman–Crippen MR) is 63.2 cm³/mol. The summed E-state index contributed by atoms with van der Waals surface area (Å²) in [4.78, 5) is 0. The van der Waals surface area contributed by atoms with Crippen molar-refractivity contribution in [3.05, 3.63) is 0 Å². The van der Waals surface area contributed by atoms with Gasteiger partial charge in [0, 0.05) is 6.04 Å². The molecule has 1 N–H and O–H groups in total. The van der Waals surface area contributed by atoms with Crippen molar-refractivity contribution in [2.75, 3.05) is 0 Å². The molecule has 3 unspecified atom stereocenters. The van der Waals surface area contributed by atoms with Crippen LogP contribution in [0, 0.1) is 17.2 Å². The van der Waals surface area contributed by atoms with Gasteiger partial charge in [0.1, 0.15) is 0 Å². The molecule has 3 atom stereocenters. The van der Waals surface area contributed by atoms with Crippen LogP contribution in [0.4, 0.5) is 0 Å². The van der Waals surface area contributed by atoms with Gasteiger partial charge >= 0.3 is 0 Å². The van der Waals surface area contributed by atoms with E-state index in [1.807, 2.05) is 0 Å². The quantitative estimate of drug-likeness (QED) is 0.769. The van der Waals surface area contributed by atoms with E-state index in [1.165, 1.54) is 19.8 Å². The van der Waals surface area contributed by atoms with Crippen LogP contribution >= 0.6 is 0 Å². The highest BCUT2D eigenvalue weighted by Gasteiger charge is 2.28. The molecular formula is C11H20N2O2S. The van der Waals surface area contributed by atoms with E-state index in [2.05, 4.69) is 11.6 Å². The number of rotatable bonds is 3. The van der Waals surface area contributed by atoms with Gasteiger partial charge in [-0.15, -0.1) is 0 Å². The molecule has 0 heterocycles. The Morgan fingerprint density at radius 2 is 1.94 bits per heavy atom. The van der Waals surface area contributed by atoms with Crippen molar-refractivity contribution in [1.29, 1.82) is 5.26 Å². The van der Waals surface area contributed by atoms with E-state index in [1.54, 1.807) is 6.07 Å². The van der Waals surface area contributed by atoms with Crippen molar-refractivity contribution in [3.63, 3.8) is 0 Å². The molecule has 1 rings (SSSR count). The molecule has 0 aliphatic heterocycles. The van der Waals surface area contributed by atoms with Crippen molar-refractivity contribution in [1.82, 2.24) is 4.72 Å². The minimum Gasteiger partial charge on any atom is -0.211 e. The van der Waals surface area contributed by atoms with Gasteiger partial charge in [0.2, 0.25) is 10.0 Å². The Bertz CT molecular complexity index is 359. The van der Waals surface area contributed by atoms with Crippen LogP contribution in [0.3, 0.4) is 0 Å². The molecule has 0 saturated heterocycles. The zero-order chi connectivity index (χ0) is 12.2. The molecule has 1 aliphatic rings. The first kappa shape index (κ1) is 13.5. The molecule has 4 nitrogen and oxygen atoms in total. The van der Waals surface area contributed by atoms with E-state index in [-0.39, 0.29) is 6.04 Å². The maximum atomic E-state index is 11.8. The minimum absolute atomic E-state index is 0.00306. The summed E-state index contributed by atoms with van der Waals surface area (Å²) < 4.78 is 26.2. The number of hydrogen-bond acceptors (Lipinski definition) is 3. The maximum absolute atomic E-state index is 11.8. The predicted octanol–water partition coefficient (Wildman–Crippen LogP) is 1.79. The molecule has 0 aromatic heterocycles. The average Bonchev–Trinajstić information content (AvgIpc) is 2.43. The number of sulfonamides is 1. The van der Waals surface area contributed by atoms with Crippen LogP contribution in [0.1, 0.15) is 46.0 Å². The fourth-order valence-electron chi connectivity index (χ4n) is 2.05. The van der Waals surface area contributed by atoms with E-state index >= 15 is 0 Å². The smallest absolute Gasteiger partial charge is 0.211 e.